The molecule has 2 aliphatic rings. The van der Waals surface area contributed by atoms with E-state index in [0.29, 0.717) is 23.3 Å². The molecule has 3 rings (SSSR count). The molecule has 0 saturated carbocycles. The molecule has 0 amide bonds. The minimum absolute atomic E-state index is 0.141. The smallest absolute Gasteiger partial charge is 0.339 e. The predicted molar refractivity (Wildman–Crippen MR) is 127 cm³/mol. The van der Waals surface area contributed by atoms with Crippen LogP contribution in [-0.2, 0) is 14.2 Å². The maximum atomic E-state index is 13.2. The van der Waals surface area contributed by atoms with Crippen molar-refractivity contribution in [2.45, 2.75) is 71.2 Å². The van der Waals surface area contributed by atoms with Gasteiger partial charge in [0.15, 0.2) is 5.79 Å². The Morgan fingerprint density at radius 3 is 2.76 bits per heavy atom. The van der Waals surface area contributed by atoms with Crippen LogP contribution in [-0.4, -0.2) is 54.4 Å². The van der Waals surface area contributed by atoms with Crippen molar-refractivity contribution in [1.29, 1.82) is 0 Å². The van der Waals surface area contributed by atoms with Gasteiger partial charge in [-0.1, -0.05) is 42.4 Å². The molecule has 0 bridgehead atoms. The van der Waals surface area contributed by atoms with Crippen LogP contribution in [0.2, 0.25) is 0 Å². The quantitative estimate of drug-likeness (QED) is 0.169. The lowest BCUT2D eigenvalue weighted by Gasteiger charge is -2.23. The van der Waals surface area contributed by atoms with Gasteiger partial charge in [-0.3, -0.25) is 0 Å². The number of aryl methyl sites for hydroxylation is 1. The Labute approximate surface area is 200 Å². The number of carbonyl (C=O) groups is 1. The van der Waals surface area contributed by atoms with Gasteiger partial charge in [0.2, 0.25) is 0 Å². The van der Waals surface area contributed by atoms with Crippen molar-refractivity contribution in [3.05, 3.63) is 57.5 Å². The molecule has 0 aliphatic carbocycles. The number of hydrogen-bond donors (Lipinski definition) is 1. The number of rotatable bonds is 4. The Hall–Kier alpha value is -2.84. The molecule has 9 heteroatoms. The maximum Gasteiger partial charge on any atom is 0.339 e. The number of nitrogens with zero attached hydrogens (tertiary/aromatic N) is 3. The van der Waals surface area contributed by atoms with Crippen molar-refractivity contribution >= 4 is 12.0 Å². The van der Waals surface area contributed by atoms with Crippen LogP contribution in [0.5, 0.6) is 5.75 Å². The van der Waals surface area contributed by atoms with Gasteiger partial charge in [0, 0.05) is 16.4 Å². The molecule has 1 aromatic rings. The maximum absolute atomic E-state index is 13.2. The summed E-state index contributed by atoms with van der Waals surface area (Å²) in [5, 5.41) is 14.3. The molecule has 184 valence electrons. The molecule has 1 N–H and O–H groups in total. The first-order valence-corrected chi connectivity index (χ1v) is 11.5. The lowest BCUT2D eigenvalue weighted by atomic mass is 9.97. The number of aliphatic hydroxyl groups is 1. The van der Waals surface area contributed by atoms with E-state index in [2.05, 4.69) is 10.0 Å². The fourth-order valence-electron chi connectivity index (χ4n) is 4.06. The summed E-state index contributed by atoms with van der Waals surface area (Å²) in [6.45, 7) is 9.55. The molecule has 0 spiro atoms. The molecule has 1 fully saturated rings. The minimum Gasteiger partial charge on any atom is -0.493 e. The van der Waals surface area contributed by atoms with Gasteiger partial charge in [-0.05, 0) is 51.3 Å². The van der Waals surface area contributed by atoms with Gasteiger partial charge in [0.05, 0.1) is 24.8 Å². The molecule has 0 radical (unpaired) electrons. The van der Waals surface area contributed by atoms with E-state index in [4.69, 9.17) is 24.5 Å². The first-order valence-electron chi connectivity index (χ1n) is 11.5. The van der Waals surface area contributed by atoms with Crippen molar-refractivity contribution in [3.8, 4) is 5.75 Å². The molecule has 1 unspecified atom stereocenters. The average Bonchev–Trinajstić information content (AvgIpc) is 3.09. The van der Waals surface area contributed by atoms with E-state index in [1.165, 1.54) is 0 Å². The van der Waals surface area contributed by atoms with Gasteiger partial charge >= 0.3 is 5.97 Å². The lowest BCUT2D eigenvalue weighted by molar-refractivity contribution is -0.152. The summed E-state index contributed by atoms with van der Waals surface area (Å²) in [7, 11) is 0. The average molecular weight is 472 g/mol. The van der Waals surface area contributed by atoms with Gasteiger partial charge in [0.1, 0.15) is 24.1 Å². The number of hydrogen-bond acceptors (Lipinski definition) is 7. The summed E-state index contributed by atoms with van der Waals surface area (Å²) < 4.78 is 23.7. The molecule has 0 aromatic heterocycles. The number of azide groups is 1. The SMILES string of the molecule is Cc1ccc(OCCN=[N+]=[N-])c2c1C(=O)O[C@@H](C)[C@H](C)/C=C\C(O)[C@H]1OC(C)(C)O[C@H]1C/C=C/2. The summed E-state index contributed by atoms with van der Waals surface area (Å²) >= 11 is 0. The molecule has 1 aromatic carbocycles. The van der Waals surface area contributed by atoms with Crippen molar-refractivity contribution in [1.82, 2.24) is 0 Å². The third-order valence-electron chi connectivity index (χ3n) is 5.99. The number of fused-ring (bicyclic) bond motifs is 2. The summed E-state index contributed by atoms with van der Waals surface area (Å²) in [5.74, 6) is -0.941. The zero-order valence-electron chi connectivity index (χ0n) is 20.3. The van der Waals surface area contributed by atoms with Crippen molar-refractivity contribution < 1.29 is 28.8 Å². The fourth-order valence-corrected chi connectivity index (χ4v) is 4.06. The summed E-state index contributed by atoms with van der Waals surface area (Å²) in [5.41, 5.74) is 10.3. The lowest BCUT2D eigenvalue weighted by Crippen LogP contribution is -2.34. The van der Waals surface area contributed by atoms with Crippen molar-refractivity contribution in [2.24, 2.45) is 11.0 Å². The molecule has 1 saturated heterocycles. The van der Waals surface area contributed by atoms with Crippen LogP contribution < -0.4 is 4.74 Å². The molecular weight excluding hydrogens is 438 g/mol. The number of esters is 1. The van der Waals surface area contributed by atoms with Crippen molar-refractivity contribution in [3.63, 3.8) is 0 Å². The van der Waals surface area contributed by atoms with E-state index >= 15 is 0 Å². The second-order valence-electron chi connectivity index (χ2n) is 9.09. The van der Waals surface area contributed by atoms with Gasteiger partial charge in [0.25, 0.3) is 0 Å². The van der Waals surface area contributed by atoms with E-state index in [0.717, 1.165) is 5.56 Å². The topological polar surface area (TPSA) is 123 Å². The Bertz CT molecular complexity index is 999. The van der Waals surface area contributed by atoms with Crippen LogP contribution in [0.15, 0.2) is 35.5 Å². The van der Waals surface area contributed by atoms with Gasteiger partial charge in [-0.15, -0.1) is 0 Å². The van der Waals surface area contributed by atoms with Crippen LogP contribution >= 0.6 is 0 Å². The van der Waals surface area contributed by atoms with Gasteiger partial charge in [-0.2, -0.15) is 0 Å². The summed E-state index contributed by atoms with van der Waals surface area (Å²) in [6, 6.07) is 3.58. The normalized spacial score (nSPS) is 30.6. The monoisotopic (exact) mass is 471 g/mol. The predicted octanol–water partition coefficient (Wildman–Crippen LogP) is 4.72. The Morgan fingerprint density at radius 2 is 2.03 bits per heavy atom. The largest absolute Gasteiger partial charge is 0.493 e. The number of cyclic esters (lactones) is 1. The number of aliphatic hydroxyl groups excluding tert-OH is 1. The minimum atomic E-state index is -0.873. The molecular formula is C25H33N3O6. The highest BCUT2D eigenvalue weighted by atomic mass is 16.8. The highest BCUT2D eigenvalue weighted by Crippen LogP contribution is 2.34. The zero-order valence-corrected chi connectivity index (χ0v) is 20.3. The fraction of sp³-hybridized carbons (Fsp3) is 0.560. The Morgan fingerprint density at radius 1 is 1.26 bits per heavy atom. The van der Waals surface area contributed by atoms with Crippen LogP contribution in [0.3, 0.4) is 0 Å². The van der Waals surface area contributed by atoms with Gasteiger partial charge in [-0.25, -0.2) is 4.79 Å². The molecule has 9 nitrogen and oxygen atoms in total. The first kappa shape index (κ1) is 25.8. The molecule has 34 heavy (non-hydrogen) atoms. The third-order valence-corrected chi connectivity index (χ3v) is 5.99. The second-order valence-corrected chi connectivity index (χ2v) is 9.09. The second kappa shape index (κ2) is 11.1. The molecule has 5 atom stereocenters. The standard InChI is InChI=1S/C25H33N3O6/c1-15-9-11-19(29)23-21(33-25(4,5)34-23)8-6-7-18-20(31-14-13-27-28-26)12-10-16(2)22(18)24(30)32-17(15)3/h6-7,9-12,15,17,19,21,23,29H,8,13-14H2,1-5H3/b7-6+,11-9-/t15-,17+,19?,21+,23-/m1/s1. The Kier molecular flexibility index (Phi) is 8.38. The van der Waals surface area contributed by atoms with E-state index in [-0.39, 0.29) is 25.2 Å². The van der Waals surface area contributed by atoms with Crippen LogP contribution in [0, 0.1) is 12.8 Å². The van der Waals surface area contributed by atoms with Gasteiger partial charge < -0.3 is 24.1 Å². The van der Waals surface area contributed by atoms with E-state index < -0.39 is 30.1 Å². The van der Waals surface area contributed by atoms with Crippen molar-refractivity contribution in [2.75, 3.05) is 13.2 Å². The van der Waals surface area contributed by atoms with E-state index in [1.807, 2.05) is 46.8 Å². The van der Waals surface area contributed by atoms with E-state index in [1.54, 1.807) is 24.3 Å². The number of ether oxygens (including phenoxy) is 4. The molecule has 2 heterocycles. The number of carbonyl (C=O) groups excluding carboxylic acids is 1. The third kappa shape index (κ3) is 6.18. The molecule has 2 aliphatic heterocycles. The van der Waals surface area contributed by atoms with Crippen LogP contribution in [0.4, 0.5) is 0 Å². The summed E-state index contributed by atoms with van der Waals surface area (Å²) in [4.78, 5) is 16.0. The highest BCUT2D eigenvalue weighted by Gasteiger charge is 2.43. The first-order chi connectivity index (χ1) is 16.1. The van der Waals surface area contributed by atoms with Crippen LogP contribution in [0.25, 0.3) is 16.5 Å². The zero-order chi connectivity index (χ0) is 24.9. The Balaban J connectivity index is 2.03. The van der Waals surface area contributed by atoms with Crippen LogP contribution in [0.1, 0.15) is 55.6 Å². The highest BCUT2D eigenvalue weighted by molar-refractivity contribution is 5.96. The van der Waals surface area contributed by atoms with E-state index in [9.17, 15) is 9.90 Å². The summed E-state index contributed by atoms with van der Waals surface area (Å²) in [6.07, 6.45) is 5.42. The number of benzene rings is 1.